The van der Waals surface area contributed by atoms with Crippen molar-refractivity contribution in [3.8, 4) is 11.5 Å². The number of fused-ring (bicyclic) bond motifs is 1. The molecule has 1 unspecified atom stereocenters. The lowest BCUT2D eigenvalue weighted by atomic mass is 9.94. The topological polar surface area (TPSA) is 95.5 Å². The van der Waals surface area contributed by atoms with Crippen LogP contribution in [0.5, 0.6) is 11.5 Å². The van der Waals surface area contributed by atoms with Crippen molar-refractivity contribution < 1.29 is 19.1 Å². The molecule has 0 spiro atoms. The van der Waals surface area contributed by atoms with Gasteiger partial charge in [0.05, 0.1) is 32.5 Å². The zero-order valence-corrected chi connectivity index (χ0v) is 19.3. The summed E-state index contributed by atoms with van der Waals surface area (Å²) in [6, 6.07) is 11.3. The van der Waals surface area contributed by atoms with Gasteiger partial charge >= 0.3 is 6.03 Å². The molecule has 1 atom stereocenters. The molecule has 33 heavy (non-hydrogen) atoms. The van der Waals surface area contributed by atoms with E-state index in [4.69, 9.17) is 14.6 Å². The van der Waals surface area contributed by atoms with Crippen molar-refractivity contribution in [2.45, 2.75) is 19.4 Å². The Balaban J connectivity index is 1.79. The second-order valence-electron chi connectivity index (χ2n) is 8.08. The molecule has 9 heteroatoms. The van der Waals surface area contributed by atoms with Crippen molar-refractivity contribution in [2.24, 2.45) is 5.10 Å². The maximum atomic E-state index is 12.6. The van der Waals surface area contributed by atoms with E-state index in [0.717, 1.165) is 28.9 Å². The largest absolute Gasteiger partial charge is 0.493 e. The van der Waals surface area contributed by atoms with Gasteiger partial charge in [0.2, 0.25) is 5.91 Å². The van der Waals surface area contributed by atoms with Crippen LogP contribution in [0.4, 0.5) is 10.5 Å². The fourth-order valence-corrected chi connectivity index (χ4v) is 4.24. The monoisotopic (exact) mass is 451 g/mol. The lowest BCUT2D eigenvalue weighted by Crippen LogP contribution is -2.47. The van der Waals surface area contributed by atoms with Crippen LogP contribution in [0.3, 0.4) is 0 Å². The summed E-state index contributed by atoms with van der Waals surface area (Å²) in [6.07, 6.45) is 0.608. The second kappa shape index (κ2) is 9.40. The Bertz CT molecular complexity index is 1080. The quantitative estimate of drug-likeness (QED) is 0.741. The third kappa shape index (κ3) is 4.44. The number of ether oxygens (including phenoxy) is 2. The van der Waals surface area contributed by atoms with E-state index in [2.05, 4.69) is 10.6 Å². The molecule has 1 fully saturated rings. The van der Waals surface area contributed by atoms with Crippen LogP contribution in [0, 0.1) is 0 Å². The van der Waals surface area contributed by atoms with E-state index < -0.39 is 0 Å². The summed E-state index contributed by atoms with van der Waals surface area (Å²) >= 11 is 0. The highest BCUT2D eigenvalue weighted by atomic mass is 16.5. The lowest BCUT2D eigenvalue weighted by Gasteiger charge is -2.28. The van der Waals surface area contributed by atoms with Crippen molar-refractivity contribution in [3.05, 3.63) is 53.1 Å². The molecule has 4 rings (SSSR count). The summed E-state index contributed by atoms with van der Waals surface area (Å²) in [5.41, 5.74) is 4.39. The molecule has 0 aromatic heterocycles. The normalized spacial score (nSPS) is 18.0. The first-order valence-electron chi connectivity index (χ1n) is 10.9. The number of methoxy groups -OCH3 is 2. The third-order valence-corrected chi connectivity index (χ3v) is 5.97. The van der Waals surface area contributed by atoms with Crippen LogP contribution >= 0.6 is 0 Å². The standard InChI is InChI=1S/C24H29N5O4/c1-15-11-17-12-20(32-3)21(33-4)13-19(17)23(27-29(15)24(31)25-2)16-5-7-18(8-6-16)28-10-9-26-22(30)14-28/h5-8,12-13,15H,9-11,14H2,1-4H3,(H,25,31)(H,26,30). The van der Waals surface area contributed by atoms with Gasteiger partial charge in [-0.25, -0.2) is 9.80 Å². The number of carbonyl (C=O) groups excluding carboxylic acids is 2. The Morgan fingerprint density at radius 1 is 1.15 bits per heavy atom. The molecule has 174 valence electrons. The summed E-state index contributed by atoms with van der Waals surface area (Å²) < 4.78 is 11.1. The zero-order valence-electron chi connectivity index (χ0n) is 19.3. The van der Waals surface area contributed by atoms with Crippen molar-refractivity contribution in [1.29, 1.82) is 0 Å². The van der Waals surface area contributed by atoms with Crippen LogP contribution < -0.4 is 25.0 Å². The minimum atomic E-state index is -0.275. The SMILES string of the molecule is CNC(=O)N1N=C(c2ccc(N3CCNC(=O)C3)cc2)c2cc(OC)c(OC)cc2CC1C. The number of benzene rings is 2. The fourth-order valence-electron chi connectivity index (χ4n) is 4.24. The molecular weight excluding hydrogens is 422 g/mol. The van der Waals surface area contributed by atoms with Gasteiger partial charge in [-0.2, -0.15) is 5.10 Å². The Labute approximate surface area is 193 Å². The minimum absolute atomic E-state index is 0.0173. The number of rotatable bonds is 4. The highest BCUT2D eigenvalue weighted by Crippen LogP contribution is 2.34. The van der Waals surface area contributed by atoms with Crippen LogP contribution in [0.2, 0.25) is 0 Å². The smallest absolute Gasteiger partial charge is 0.337 e. The maximum Gasteiger partial charge on any atom is 0.337 e. The Morgan fingerprint density at radius 3 is 2.48 bits per heavy atom. The number of carbonyl (C=O) groups is 2. The van der Waals surface area contributed by atoms with E-state index in [1.54, 1.807) is 21.3 Å². The fraction of sp³-hybridized carbons (Fsp3) is 0.375. The highest BCUT2D eigenvalue weighted by Gasteiger charge is 2.28. The summed E-state index contributed by atoms with van der Waals surface area (Å²) in [5, 5.41) is 11.8. The summed E-state index contributed by atoms with van der Waals surface area (Å²) in [4.78, 5) is 26.4. The van der Waals surface area contributed by atoms with Crippen LogP contribution in [-0.4, -0.2) is 69.6 Å². The lowest BCUT2D eigenvalue weighted by molar-refractivity contribution is -0.120. The van der Waals surface area contributed by atoms with Crippen molar-refractivity contribution in [2.75, 3.05) is 45.8 Å². The number of hydrogen-bond donors (Lipinski definition) is 2. The van der Waals surface area contributed by atoms with Crippen LogP contribution in [0.15, 0.2) is 41.5 Å². The summed E-state index contributed by atoms with van der Waals surface area (Å²) in [6.45, 7) is 3.68. The van der Waals surface area contributed by atoms with E-state index in [0.29, 0.717) is 36.7 Å². The average Bonchev–Trinajstić information content (AvgIpc) is 2.98. The van der Waals surface area contributed by atoms with Gasteiger partial charge in [0.1, 0.15) is 0 Å². The van der Waals surface area contributed by atoms with Gasteiger partial charge in [0, 0.05) is 37.0 Å². The summed E-state index contributed by atoms with van der Waals surface area (Å²) in [7, 11) is 4.80. The molecule has 2 aromatic carbocycles. The Morgan fingerprint density at radius 2 is 1.85 bits per heavy atom. The van der Waals surface area contributed by atoms with Crippen molar-refractivity contribution in [3.63, 3.8) is 0 Å². The summed E-state index contributed by atoms with van der Waals surface area (Å²) in [5.74, 6) is 1.25. The number of nitrogens with zero attached hydrogens (tertiary/aromatic N) is 3. The second-order valence-corrected chi connectivity index (χ2v) is 8.08. The molecule has 1 saturated heterocycles. The maximum absolute atomic E-state index is 12.6. The van der Waals surface area contributed by atoms with Gasteiger partial charge in [0.15, 0.2) is 11.5 Å². The number of amides is 3. The molecule has 2 aliphatic heterocycles. The zero-order chi connectivity index (χ0) is 23.5. The van der Waals surface area contributed by atoms with Crippen LogP contribution in [-0.2, 0) is 11.2 Å². The predicted octanol–water partition coefficient (Wildman–Crippen LogP) is 1.98. The number of anilines is 1. The van der Waals surface area contributed by atoms with Gasteiger partial charge in [-0.3, -0.25) is 4.79 Å². The Kier molecular flexibility index (Phi) is 6.39. The predicted molar refractivity (Wildman–Crippen MR) is 126 cm³/mol. The number of hydrazone groups is 1. The molecule has 0 aliphatic carbocycles. The van der Waals surface area contributed by atoms with E-state index in [9.17, 15) is 9.59 Å². The Hall–Kier alpha value is -3.75. The van der Waals surface area contributed by atoms with Gasteiger partial charge < -0.3 is 25.0 Å². The van der Waals surface area contributed by atoms with E-state index >= 15 is 0 Å². The molecule has 2 heterocycles. The van der Waals surface area contributed by atoms with Gasteiger partial charge in [-0.05, 0) is 43.2 Å². The van der Waals surface area contributed by atoms with Gasteiger partial charge in [-0.15, -0.1) is 0 Å². The van der Waals surface area contributed by atoms with Crippen molar-refractivity contribution >= 4 is 23.3 Å². The molecular formula is C24H29N5O4. The van der Waals surface area contributed by atoms with Crippen molar-refractivity contribution in [1.82, 2.24) is 15.6 Å². The molecule has 2 N–H and O–H groups in total. The third-order valence-electron chi connectivity index (χ3n) is 5.97. The number of hydrogen-bond acceptors (Lipinski definition) is 6. The van der Waals surface area contributed by atoms with E-state index in [-0.39, 0.29) is 18.0 Å². The average molecular weight is 452 g/mol. The molecule has 0 radical (unpaired) electrons. The van der Waals surface area contributed by atoms with Crippen LogP contribution in [0.1, 0.15) is 23.6 Å². The highest BCUT2D eigenvalue weighted by molar-refractivity contribution is 6.14. The van der Waals surface area contributed by atoms with Gasteiger partial charge in [0.25, 0.3) is 0 Å². The van der Waals surface area contributed by atoms with E-state index in [1.165, 1.54) is 5.01 Å². The molecule has 9 nitrogen and oxygen atoms in total. The first kappa shape index (κ1) is 22.4. The molecule has 2 aromatic rings. The number of nitrogens with one attached hydrogen (secondary N) is 2. The number of urea groups is 1. The molecule has 0 saturated carbocycles. The first-order valence-corrected chi connectivity index (χ1v) is 10.9. The number of piperazine rings is 1. The minimum Gasteiger partial charge on any atom is -0.493 e. The molecule has 2 aliphatic rings. The van der Waals surface area contributed by atoms with Gasteiger partial charge in [-0.1, -0.05) is 12.1 Å². The van der Waals surface area contributed by atoms with E-state index in [1.807, 2.05) is 48.2 Å². The molecule has 3 amide bonds. The van der Waals surface area contributed by atoms with Crippen LogP contribution in [0.25, 0.3) is 0 Å². The molecule has 0 bridgehead atoms. The first-order chi connectivity index (χ1) is 15.9.